The van der Waals surface area contributed by atoms with Crippen molar-refractivity contribution in [2.75, 3.05) is 5.75 Å². The molecule has 1 amide bonds. The van der Waals surface area contributed by atoms with Crippen LogP contribution in [0.1, 0.15) is 11.1 Å². The van der Waals surface area contributed by atoms with Crippen LogP contribution < -0.4 is 10.9 Å². The minimum absolute atomic E-state index is 0.107. The third-order valence-electron chi connectivity index (χ3n) is 3.69. The minimum Gasteiger partial charge on any atom is -0.351 e. The fraction of sp³-hybridized carbons (Fsp3) is 0.235. The molecule has 0 saturated carbocycles. The largest absolute Gasteiger partial charge is 0.351 e. The van der Waals surface area contributed by atoms with Crippen molar-refractivity contribution < 1.29 is 9.18 Å². The van der Waals surface area contributed by atoms with Crippen LogP contribution in [0.5, 0.6) is 0 Å². The summed E-state index contributed by atoms with van der Waals surface area (Å²) in [5, 5.41) is 5.11. The summed E-state index contributed by atoms with van der Waals surface area (Å²) in [7, 11) is 1.65. The van der Waals surface area contributed by atoms with E-state index in [4.69, 9.17) is 0 Å². The first kappa shape index (κ1) is 17.6. The van der Waals surface area contributed by atoms with E-state index >= 15 is 0 Å². The predicted octanol–water partition coefficient (Wildman–Crippen LogP) is 2.85. The quantitative estimate of drug-likeness (QED) is 0.549. The highest BCUT2D eigenvalue weighted by molar-refractivity contribution is 7.99. The Morgan fingerprint density at radius 1 is 1.40 bits per heavy atom. The van der Waals surface area contributed by atoms with Gasteiger partial charge >= 0.3 is 0 Å². The average molecular weight is 377 g/mol. The van der Waals surface area contributed by atoms with E-state index in [9.17, 15) is 14.0 Å². The van der Waals surface area contributed by atoms with Crippen molar-refractivity contribution in [2.24, 2.45) is 7.05 Å². The molecule has 0 unspecified atom stereocenters. The van der Waals surface area contributed by atoms with Gasteiger partial charge in [-0.05, 0) is 35.6 Å². The van der Waals surface area contributed by atoms with Crippen LogP contribution in [0.4, 0.5) is 4.39 Å². The van der Waals surface area contributed by atoms with E-state index in [0.717, 1.165) is 5.56 Å². The Labute approximate surface area is 151 Å². The molecule has 25 heavy (non-hydrogen) atoms. The third-order valence-corrected chi connectivity index (χ3v) is 5.61. The Morgan fingerprint density at radius 2 is 2.20 bits per heavy atom. The van der Waals surface area contributed by atoms with Gasteiger partial charge in [-0.2, -0.15) is 0 Å². The second-order valence-corrected chi connectivity index (χ2v) is 7.40. The molecule has 0 spiro atoms. The van der Waals surface area contributed by atoms with Crippen molar-refractivity contribution in [1.29, 1.82) is 0 Å². The molecule has 0 aliphatic carbocycles. The number of amides is 1. The topological polar surface area (TPSA) is 64.0 Å². The molecule has 0 aliphatic rings. The van der Waals surface area contributed by atoms with Crippen LogP contribution in [0, 0.1) is 12.7 Å². The summed E-state index contributed by atoms with van der Waals surface area (Å²) in [6.07, 6.45) is 0. The Bertz CT molecular complexity index is 997. The van der Waals surface area contributed by atoms with Crippen LogP contribution >= 0.6 is 23.1 Å². The number of carbonyl (C=O) groups is 1. The first-order valence-corrected chi connectivity index (χ1v) is 9.41. The normalized spacial score (nSPS) is 11.0. The zero-order chi connectivity index (χ0) is 18.0. The lowest BCUT2D eigenvalue weighted by Crippen LogP contribution is -2.25. The number of fused-ring (bicyclic) bond motifs is 1. The number of nitrogens with one attached hydrogen (secondary N) is 1. The van der Waals surface area contributed by atoms with Gasteiger partial charge in [-0.3, -0.25) is 14.2 Å². The monoisotopic (exact) mass is 377 g/mol. The molecule has 0 aliphatic heterocycles. The molecule has 0 saturated heterocycles. The van der Waals surface area contributed by atoms with E-state index in [-0.39, 0.29) is 23.0 Å². The fourth-order valence-corrected chi connectivity index (χ4v) is 3.90. The number of hydrogen-bond acceptors (Lipinski definition) is 5. The zero-order valence-corrected chi connectivity index (χ0v) is 15.3. The third kappa shape index (κ3) is 3.91. The number of nitrogens with zero attached hydrogens (tertiary/aromatic N) is 2. The van der Waals surface area contributed by atoms with Gasteiger partial charge in [0.15, 0.2) is 5.16 Å². The smallest absolute Gasteiger partial charge is 0.271 e. The van der Waals surface area contributed by atoms with E-state index in [1.807, 2.05) is 5.38 Å². The first-order chi connectivity index (χ1) is 12.0. The molecule has 2 heterocycles. The van der Waals surface area contributed by atoms with Gasteiger partial charge in [0.1, 0.15) is 10.5 Å². The lowest BCUT2D eigenvalue weighted by Gasteiger charge is -2.08. The van der Waals surface area contributed by atoms with Gasteiger partial charge < -0.3 is 5.32 Å². The van der Waals surface area contributed by atoms with Gasteiger partial charge in [0.25, 0.3) is 5.56 Å². The summed E-state index contributed by atoms with van der Waals surface area (Å²) in [6.45, 7) is 2.01. The molecule has 2 aromatic heterocycles. The highest BCUT2D eigenvalue weighted by Gasteiger charge is 2.11. The van der Waals surface area contributed by atoms with Crippen molar-refractivity contribution in [2.45, 2.75) is 18.6 Å². The highest BCUT2D eigenvalue weighted by atomic mass is 32.2. The lowest BCUT2D eigenvalue weighted by molar-refractivity contribution is -0.118. The Kier molecular flexibility index (Phi) is 5.19. The van der Waals surface area contributed by atoms with Gasteiger partial charge in [-0.1, -0.05) is 23.9 Å². The molecule has 0 atom stereocenters. The second kappa shape index (κ2) is 7.37. The predicted molar refractivity (Wildman–Crippen MR) is 98.6 cm³/mol. The number of aryl methyl sites for hydroxylation is 1. The maximum absolute atomic E-state index is 13.2. The molecule has 130 valence electrons. The van der Waals surface area contributed by atoms with Crippen LogP contribution in [0.15, 0.2) is 39.6 Å². The van der Waals surface area contributed by atoms with Gasteiger partial charge in [0.05, 0.1) is 11.3 Å². The summed E-state index contributed by atoms with van der Waals surface area (Å²) < 4.78 is 15.3. The SMILES string of the molecule is Cc1cc(CNC(=O)CSc2nc3ccsc3c(=O)n2C)ccc1F. The van der Waals surface area contributed by atoms with E-state index in [1.165, 1.54) is 33.7 Å². The van der Waals surface area contributed by atoms with Crippen LogP contribution in [-0.4, -0.2) is 21.2 Å². The van der Waals surface area contributed by atoms with Crippen LogP contribution in [0.3, 0.4) is 0 Å². The molecule has 8 heteroatoms. The number of benzene rings is 1. The number of thioether (sulfide) groups is 1. The molecule has 5 nitrogen and oxygen atoms in total. The van der Waals surface area contributed by atoms with Gasteiger partial charge in [-0.15, -0.1) is 11.3 Å². The van der Waals surface area contributed by atoms with Crippen molar-refractivity contribution >= 4 is 39.2 Å². The van der Waals surface area contributed by atoms with Crippen LogP contribution in [0.25, 0.3) is 10.2 Å². The molecular weight excluding hydrogens is 361 g/mol. The average Bonchev–Trinajstić information content (AvgIpc) is 3.06. The van der Waals surface area contributed by atoms with Crippen molar-refractivity contribution in [1.82, 2.24) is 14.9 Å². The molecule has 0 bridgehead atoms. The number of halogens is 1. The van der Waals surface area contributed by atoms with Crippen molar-refractivity contribution in [3.05, 3.63) is 56.9 Å². The number of carbonyl (C=O) groups excluding carboxylic acids is 1. The molecule has 1 N–H and O–H groups in total. The number of hydrogen-bond donors (Lipinski definition) is 1. The van der Waals surface area contributed by atoms with Crippen LogP contribution in [0.2, 0.25) is 0 Å². The summed E-state index contributed by atoms with van der Waals surface area (Å²) in [5.41, 5.74) is 1.93. The Hall–Kier alpha value is -2.19. The molecule has 1 aromatic carbocycles. The summed E-state index contributed by atoms with van der Waals surface area (Å²) in [6, 6.07) is 6.54. The number of thiophene rings is 1. The molecule has 0 radical (unpaired) electrons. The Balaban J connectivity index is 1.61. The van der Waals surface area contributed by atoms with Crippen molar-refractivity contribution in [3.63, 3.8) is 0 Å². The summed E-state index contributed by atoms with van der Waals surface area (Å²) in [5.74, 6) is -0.288. The number of rotatable bonds is 5. The second-order valence-electron chi connectivity index (χ2n) is 5.54. The zero-order valence-electron chi connectivity index (χ0n) is 13.7. The highest BCUT2D eigenvalue weighted by Crippen LogP contribution is 2.20. The van der Waals surface area contributed by atoms with Crippen LogP contribution in [-0.2, 0) is 18.4 Å². The Morgan fingerprint density at radius 3 is 2.96 bits per heavy atom. The maximum Gasteiger partial charge on any atom is 0.271 e. The molecule has 0 fully saturated rings. The van der Waals surface area contributed by atoms with E-state index < -0.39 is 0 Å². The molecule has 3 aromatic rings. The van der Waals surface area contributed by atoms with Gasteiger partial charge in [0.2, 0.25) is 5.91 Å². The standard InChI is InChI=1S/C17H16FN3O2S2/c1-10-7-11(3-4-12(10)18)8-19-14(22)9-25-17-20-13-5-6-24-15(13)16(23)21(17)2/h3-7H,8-9H2,1-2H3,(H,19,22). The van der Waals surface area contributed by atoms with Crippen molar-refractivity contribution in [3.8, 4) is 0 Å². The molecular formula is C17H16FN3O2S2. The van der Waals surface area contributed by atoms with E-state index in [1.54, 1.807) is 32.2 Å². The fourth-order valence-electron chi connectivity index (χ4n) is 2.30. The summed E-state index contributed by atoms with van der Waals surface area (Å²) >= 11 is 2.57. The molecule has 3 rings (SSSR count). The van der Waals surface area contributed by atoms with E-state index in [2.05, 4.69) is 10.3 Å². The van der Waals surface area contributed by atoms with Gasteiger partial charge in [0, 0.05) is 13.6 Å². The minimum atomic E-state index is -0.263. The lowest BCUT2D eigenvalue weighted by atomic mass is 10.1. The van der Waals surface area contributed by atoms with E-state index in [0.29, 0.717) is 27.5 Å². The maximum atomic E-state index is 13.2. The first-order valence-electron chi connectivity index (χ1n) is 7.54. The van der Waals surface area contributed by atoms with Gasteiger partial charge in [-0.25, -0.2) is 9.37 Å². The number of aromatic nitrogens is 2. The summed E-state index contributed by atoms with van der Waals surface area (Å²) in [4.78, 5) is 28.7.